The van der Waals surface area contributed by atoms with Crippen LogP contribution in [0.5, 0.6) is 11.5 Å². The van der Waals surface area contributed by atoms with Gasteiger partial charge < -0.3 is 14.8 Å². The second-order valence-electron chi connectivity index (χ2n) is 6.88. The lowest BCUT2D eigenvalue weighted by molar-refractivity contribution is -0.119. The van der Waals surface area contributed by atoms with E-state index >= 15 is 0 Å². The van der Waals surface area contributed by atoms with Gasteiger partial charge in [0.15, 0.2) is 5.13 Å². The molecule has 1 amide bonds. The van der Waals surface area contributed by atoms with Crippen molar-refractivity contribution in [2.45, 2.75) is 23.8 Å². The van der Waals surface area contributed by atoms with Gasteiger partial charge in [-0.2, -0.15) is 4.31 Å². The largest absolute Gasteiger partial charge is 0.495 e. The topological polar surface area (TPSA) is 97.8 Å². The maximum absolute atomic E-state index is 13.2. The monoisotopic (exact) mass is 465 g/mol. The van der Waals surface area contributed by atoms with Crippen LogP contribution < -0.4 is 14.8 Å². The molecule has 1 fully saturated rings. The SMILES string of the molecule is COc1ccc(OC)c2sc(NC(=O)C3CCCN3S(=O)(=O)c3ccc(F)cc3)nc12. The molecule has 1 unspecified atom stereocenters. The number of sulfonamides is 1. The molecule has 0 radical (unpaired) electrons. The number of carbonyl (C=O) groups is 1. The van der Waals surface area contributed by atoms with Gasteiger partial charge in [-0.3, -0.25) is 4.79 Å². The molecule has 1 atom stereocenters. The molecule has 1 aliphatic rings. The van der Waals surface area contributed by atoms with Crippen LogP contribution in [-0.2, 0) is 14.8 Å². The van der Waals surface area contributed by atoms with Crippen LogP contribution in [0.4, 0.5) is 9.52 Å². The molecular formula is C20H20FN3O5S2. The van der Waals surface area contributed by atoms with Crippen molar-refractivity contribution in [1.82, 2.24) is 9.29 Å². The third kappa shape index (κ3) is 3.95. The summed E-state index contributed by atoms with van der Waals surface area (Å²) in [5.74, 6) is 0.126. The normalized spacial score (nSPS) is 17.1. The molecule has 4 rings (SSSR count). The highest BCUT2D eigenvalue weighted by Crippen LogP contribution is 2.39. The molecule has 8 nitrogen and oxygen atoms in total. The Morgan fingerprint density at radius 2 is 1.84 bits per heavy atom. The minimum absolute atomic E-state index is 0.0527. The molecule has 0 saturated carbocycles. The number of nitrogens with zero attached hydrogens (tertiary/aromatic N) is 2. The smallest absolute Gasteiger partial charge is 0.244 e. The summed E-state index contributed by atoms with van der Waals surface area (Å²) in [7, 11) is -0.878. The molecule has 1 saturated heterocycles. The van der Waals surface area contributed by atoms with Crippen molar-refractivity contribution in [3.05, 3.63) is 42.2 Å². The van der Waals surface area contributed by atoms with Crippen LogP contribution >= 0.6 is 11.3 Å². The van der Waals surface area contributed by atoms with Gasteiger partial charge >= 0.3 is 0 Å². The Bertz CT molecular complexity index is 1190. The van der Waals surface area contributed by atoms with Crippen molar-refractivity contribution in [1.29, 1.82) is 0 Å². The highest BCUT2D eigenvalue weighted by atomic mass is 32.2. The van der Waals surface area contributed by atoms with Gasteiger partial charge in [0.25, 0.3) is 0 Å². The molecule has 164 valence electrons. The average Bonchev–Trinajstić information content (AvgIpc) is 3.41. The second kappa shape index (κ2) is 8.40. The predicted molar refractivity (Wildman–Crippen MR) is 115 cm³/mol. The van der Waals surface area contributed by atoms with E-state index in [0.717, 1.165) is 16.4 Å². The Labute approximate surface area is 182 Å². The standard InChI is InChI=1S/C20H20FN3O5S2/c1-28-15-9-10-16(29-2)18-17(15)22-20(30-18)23-19(25)14-4-3-11-24(14)31(26,27)13-7-5-12(21)6-8-13/h5-10,14H,3-4,11H2,1-2H3,(H,22,23,25). The van der Waals surface area contributed by atoms with E-state index in [9.17, 15) is 17.6 Å². The predicted octanol–water partition coefficient (Wildman–Crippen LogP) is 3.24. The Morgan fingerprint density at radius 1 is 1.16 bits per heavy atom. The summed E-state index contributed by atoms with van der Waals surface area (Å²) in [4.78, 5) is 17.3. The first-order valence-corrected chi connectivity index (χ1v) is 11.7. The summed E-state index contributed by atoms with van der Waals surface area (Å²) >= 11 is 1.21. The summed E-state index contributed by atoms with van der Waals surface area (Å²) in [6, 6.07) is 7.15. The van der Waals surface area contributed by atoms with Crippen molar-refractivity contribution in [3.63, 3.8) is 0 Å². The summed E-state index contributed by atoms with van der Waals surface area (Å²) in [6.45, 7) is 0.208. The molecule has 31 heavy (non-hydrogen) atoms. The summed E-state index contributed by atoms with van der Waals surface area (Å²) < 4.78 is 51.7. The van der Waals surface area contributed by atoms with Crippen LogP contribution in [0.15, 0.2) is 41.3 Å². The van der Waals surface area contributed by atoms with Gasteiger partial charge in [0.1, 0.15) is 33.6 Å². The number of anilines is 1. The lowest BCUT2D eigenvalue weighted by atomic mass is 10.2. The Morgan fingerprint density at radius 3 is 2.52 bits per heavy atom. The first-order valence-electron chi connectivity index (χ1n) is 9.45. The zero-order chi connectivity index (χ0) is 22.2. The number of thiazole rings is 1. The highest BCUT2D eigenvalue weighted by molar-refractivity contribution is 7.89. The fraction of sp³-hybridized carbons (Fsp3) is 0.300. The third-order valence-corrected chi connectivity index (χ3v) is 7.97. The minimum atomic E-state index is -3.94. The van der Waals surface area contributed by atoms with Crippen LogP contribution in [-0.4, -0.2) is 50.4 Å². The molecule has 3 aromatic rings. The van der Waals surface area contributed by atoms with Crippen molar-refractivity contribution in [2.24, 2.45) is 0 Å². The molecule has 2 aromatic carbocycles. The zero-order valence-corrected chi connectivity index (χ0v) is 18.4. The van der Waals surface area contributed by atoms with E-state index in [-0.39, 0.29) is 11.4 Å². The number of aromatic nitrogens is 1. The van der Waals surface area contributed by atoms with Gasteiger partial charge in [-0.25, -0.2) is 17.8 Å². The zero-order valence-electron chi connectivity index (χ0n) is 16.8. The average molecular weight is 466 g/mol. The van der Waals surface area contributed by atoms with Gasteiger partial charge in [0.2, 0.25) is 15.9 Å². The lowest BCUT2D eigenvalue weighted by Gasteiger charge is -2.23. The molecule has 1 aliphatic heterocycles. The molecule has 2 heterocycles. The first kappa shape index (κ1) is 21.5. The van der Waals surface area contributed by atoms with Gasteiger partial charge in [0.05, 0.1) is 19.1 Å². The first-order chi connectivity index (χ1) is 14.8. The maximum atomic E-state index is 13.2. The summed E-state index contributed by atoms with van der Waals surface area (Å²) in [5, 5.41) is 3.04. The molecule has 1 aromatic heterocycles. The quantitative estimate of drug-likeness (QED) is 0.600. The van der Waals surface area contributed by atoms with Crippen LogP contribution in [0.3, 0.4) is 0 Å². The number of nitrogens with one attached hydrogen (secondary N) is 1. The van der Waals surface area contributed by atoms with E-state index in [1.807, 2.05) is 0 Å². The number of methoxy groups -OCH3 is 2. The number of ether oxygens (including phenoxy) is 2. The molecule has 0 aliphatic carbocycles. The van der Waals surface area contributed by atoms with E-state index in [2.05, 4.69) is 10.3 Å². The lowest BCUT2D eigenvalue weighted by Crippen LogP contribution is -2.43. The number of benzene rings is 2. The Kier molecular flexibility index (Phi) is 5.82. The number of hydrogen-bond donors (Lipinski definition) is 1. The Hall–Kier alpha value is -2.76. The maximum Gasteiger partial charge on any atom is 0.244 e. The molecular weight excluding hydrogens is 445 g/mol. The van der Waals surface area contributed by atoms with Crippen LogP contribution in [0.2, 0.25) is 0 Å². The number of amides is 1. The van der Waals surface area contributed by atoms with Crippen molar-refractivity contribution in [3.8, 4) is 11.5 Å². The summed E-state index contributed by atoms with van der Waals surface area (Å²) in [5.41, 5.74) is 0.546. The van der Waals surface area contributed by atoms with Crippen molar-refractivity contribution < 1.29 is 27.1 Å². The molecule has 0 bridgehead atoms. The number of halogens is 1. The van der Waals surface area contributed by atoms with E-state index in [1.165, 1.54) is 37.7 Å². The minimum Gasteiger partial charge on any atom is -0.495 e. The van der Waals surface area contributed by atoms with Gasteiger partial charge in [-0.1, -0.05) is 11.3 Å². The number of hydrogen-bond acceptors (Lipinski definition) is 7. The number of rotatable bonds is 6. The van der Waals surface area contributed by atoms with E-state index < -0.39 is 27.8 Å². The van der Waals surface area contributed by atoms with Crippen LogP contribution in [0.1, 0.15) is 12.8 Å². The summed E-state index contributed by atoms with van der Waals surface area (Å²) in [6.07, 6.45) is 0.920. The number of carbonyl (C=O) groups excluding carboxylic acids is 1. The van der Waals surface area contributed by atoms with E-state index in [0.29, 0.717) is 39.7 Å². The van der Waals surface area contributed by atoms with Crippen LogP contribution in [0.25, 0.3) is 10.2 Å². The Balaban J connectivity index is 1.60. The van der Waals surface area contributed by atoms with Crippen molar-refractivity contribution in [2.75, 3.05) is 26.1 Å². The van der Waals surface area contributed by atoms with E-state index in [1.54, 1.807) is 12.1 Å². The third-order valence-electron chi connectivity index (χ3n) is 5.07. The second-order valence-corrected chi connectivity index (χ2v) is 9.77. The molecule has 1 N–H and O–H groups in total. The molecule has 0 spiro atoms. The fourth-order valence-electron chi connectivity index (χ4n) is 3.56. The molecule has 11 heteroatoms. The fourth-order valence-corrected chi connectivity index (χ4v) is 6.19. The van der Waals surface area contributed by atoms with Gasteiger partial charge in [0, 0.05) is 6.54 Å². The van der Waals surface area contributed by atoms with Crippen LogP contribution in [0, 0.1) is 5.82 Å². The van der Waals surface area contributed by atoms with Gasteiger partial charge in [-0.15, -0.1) is 0 Å². The highest BCUT2D eigenvalue weighted by Gasteiger charge is 2.39. The van der Waals surface area contributed by atoms with Gasteiger partial charge in [-0.05, 0) is 49.2 Å². The van der Waals surface area contributed by atoms with Crippen molar-refractivity contribution >= 4 is 42.6 Å². The number of fused-ring (bicyclic) bond motifs is 1. The van der Waals surface area contributed by atoms with E-state index in [4.69, 9.17) is 9.47 Å².